The van der Waals surface area contributed by atoms with Crippen LogP contribution in [0.25, 0.3) is 0 Å². The fourth-order valence-electron chi connectivity index (χ4n) is 1.57. The second-order valence-electron chi connectivity index (χ2n) is 3.57. The molecular weight excluding hydrogens is 220 g/mol. The maximum Gasteiger partial charge on any atom is 0.334 e. The number of nitro groups is 1. The number of pyridine rings is 1. The van der Waals surface area contributed by atoms with Gasteiger partial charge in [-0.3, -0.25) is 14.9 Å². The molecule has 2 aromatic rings. The molecule has 0 aliphatic rings. The van der Waals surface area contributed by atoms with Crippen LogP contribution in [0.15, 0.2) is 53.5 Å². The van der Waals surface area contributed by atoms with Gasteiger partial charge in [-0.1, -0.05) is 30.3 Å². The van der Waals surface area contributed by atoms with Gasteiger partial charge in [0.2, 0.25) is 0 Å². The molecule has 0 saturated carbocycles. The Labute approximate surface area is 97.1 Å². The highest BCUT2D eigenvalue weighted by Crippen LogP contribution is 2.05. The van der Waals surface area contributed by atoms with Crippen LogP contribution in [0.5, 0.6) is 0 Å². The summed E-state index contributed by atoms with van der Waals surface area (Å²) in [5.74, 6) is 0. The Morgan fingerprint density at radius 2 is 1.82 bits per heavy atom. The van der Waals surface area contributed by atoms with Gasteiger partial charge in [-0.05, 0) is 11.6 Å². The molecule has 0 N–H and O–H groups in total. The number of hydrogen-bond acceptors (Lipinski definition) is 3. The van der Waals surface area contributed by atoms with Gasteiger partial charge < -0.3 is 4.57 Å². The number of nitrogens with zero attached hydrogens (tertiary/aromatic N) is 2. The van der Waals surface area contributed by atoms with Gasteiger partial charge in [0, 0.05) is 12.3 Å². The largest absolute Gasteiger partial charge is 0.334 e. The molecule has 0 saturated heterocycles. The summed E-state index contributed by atoms with van der Waals surface area (Å²) in [4.78, 5) is 21.7. The van der Waals surface area contributed by atoms with Gasteiger partial charge in [-0.2, -0.15) is 0 Å². The van der Waals surface area contributed by atoms with Gasteiger partial charge in [-0.25, -0.2) is 0 Å². The Bertz CT molecular complexity index is 590. The van der Waals surface area contributed by atoms with Gasteiger partial charge in [0.15, 0.2) is 0 Å². The second-order valence-corrected chi connectivity index (χ2v) is 3.57. The van der Waals surface area contributed by atoms with Crippen molar-refractivity contribution in [3.8, 4) is 0 Å². The lowest BCUT2D eigenvalue weighted by atomic mass is 10.2. The minimum atomic E-state index is -0.663. The first-order chi connectivity index (χ1) is 8.18. The van der Waals surface area contributed by atoms with Crippen LogP contribution in [0.2, 0.25) is 0 Å². The summed E-state index contributed by atoms with van der Waals surface area (Å²) in [6, 6.07) is 12.0. The number of aromatic nitrogens is 1. The first-order valence-electron chi connectivity index (χ1n) is 5.06. The van der Waals surface area contributed by atoms with Gasteiger partial charge in [-0.15, -0.1) is 0 Å². The molecule has 1 aromatic carbocycles. The van der Waals surface area contributed by atoms with Crippen LogP contribution in [-0.4, -0.2) is 9.49 Å². The van der Waals surface area contributed by atoms with E-state index in [0.29, 0.717) is 6.54 Å². The van der Waals surface area contributed by atoms with Crippen molar-refractivity contribution >= 4 is 5.69 Å². The Morgan fingerprint density at radius 3 is 2.47 bits per heavy atom. The summed E-state index contributed by atoms with van der Waals surface area (Å²) in [7, 11) is 0. The van der Waals surface area contributed by atoms with Crippen molar-refractivity contribution in [1.29, 1.82) is 0 Å². The zero-order chi connectivity index (χ0) is 12.3. The molecule has 86 valence electrons. The van der Waals surface area contributed by atoms with Crippen LogP contribution in [0, 0.1) is 10.1 Å². The molecule has 1 heterocycles. The molecule has 5 heteroatoms. The number of rotatable bonds is 3. The lowest BCUT2D eigenvalue weighted by Crippen LogP contribution is -2.22. The summed E-state index contributed by atoms with van der Waals surface area (Å²) in [5.41, 5.74) is -0.0557. The maximum absolute atomic E-state index is 11.7. The monoisotopic (exact) mass is 230 g/mol. The topological polar surface area (TPSA) is 65.1 Å². The van der Waals surface area contributed by atoms with Crippen molar-refractivity contribution in [2.24, 2.45) is 0 Å². The Hall–Kier alpha value is -2.43. The summed E-state index contributed by atoms with van der Waals surface area (Å²) < 4.78 is 1.33. The van der Waals surface area contributed by atoms with Crippen molar-refractivity contribution in [3.63, 3.8) is 0 Å². The van der Waals surface area contributed by atoms with Crippen LogP contribution in [0.3, 0.4) is 0 Å². The zero-order valence-electron chi connectivity index (χ0n) is 8.95. The first-order valence-corrected chi connectivity index (χ1v) is 5.06. The highest BCUT2D eigenvalue weighted by molar-refractivity contribution is 5.26. The molecule has 5 nitrogen and oxygen atoms in total. The zero-order valence-corrected chi connectivity index (χ0v) is 8.95. The molecule has 0 unspecified atom stereocenters. The Kier molecular flexibility index (Phi) is 3.00. The first kappa shape index (κ1) is 11.1. The van der Waals surface area contributed by atoms with Crippen molar-refractivity contribution in [1.82, 2.24) is 4.57 Å². The molecule has 0 radical (unpaired) electrons. The van der Waals surface area contributed by atoms with Crippen LogP contribution >= 0.6 is 0 Å². The van der Waals surface area contributed by atoms with Crippen LogP contribution in [0.1, 0.15) is 5.56 Å². The molecule has 0 aliphatic carbocycles. The van der Waals surface area contributed by atoms with Gasteiger partial charge >= 0.3 is 11.2 Å². The predicted octanol–water partition coefficient (Wildman–Crippen LogP) is 1.80. The van der Waals surface area contributed by atoms with Crippen LogP contribution in [0.4, 0.5) is 5.69 Å². The summed E-state index contributed by atoms with van der Waals surface area (Å²) >= 11 is 0. The average Bonchev–Trinajstić information content (AvgIpc) is 2.33. The highest BCUT2D eigenvalue weighted by Gasteiger charge is 2.13. The van der Waals surface area contributed by atoms with E-state index < -0.39 is 16.2 Å². The van der Waals surface area contributed by atoms with Gasteiger partial charge in [0.1, 0.15) is 0 Å². The fraction of sp³-hybridized carbons (Fsp3) is 0.0833. The Balaban J connectivity index is 2.38. The normalized spacial score (nSPS) is 10.1. The van der Waals surface area contributed by atoms with Crippen molar-refractivity contribution in [2.45, 2.75) is 6.54 Å². The minimum Gasteiger partial charge on any atom is -0.305 e. The average molecular weight is 230 g/mol. The third-order valence-electron chi connectivity index (χ3n) is 2.39. The quantitative estimate of drug-likeness (QED) is 0.596. The van der Waals surface area contributed by atoms with Crippen LogP contribution < -0.4 is 5.56 Å². The van der Waals surface area contributed by atoms with Gasteiger partial charge in [0.05, 0.1) is 11.5 Å². The summed E-state index contributed by atoms with van der Waals surface area (Å²) in [5, 5.41) is 10.6. The third kappa shape index (κ3) is 2.39. The lowest BCUT2D eigenvalue weighted by Gasteiger charge is -2.04. The second kappa shape index (κ2) is 4.61. The molecule has 2 rings (SSSR count). The smallest absolute Gasteiger partial charge is 0.305 e. The van der Waals surface area contributed by atoms with E-state index in [1.54, 1.807) is 6.20 Å². The molecule has 0 amide bonds. The lowest BCUT2D eigenvalue weighted by molar-refractivity contribution is -0.386. The molecule has 0 fully saturated rings. The summed E-state index contributed by atoms with van der Waals surface area (Å²) in [6.45, 7) is 0.335. The number of hydrogen-bond donors (Lipinski definition) is 0. The fourth-order valence-corrected chi connectivity index (χ4v) is 1.57. The van der Waals surface area contributed by atoms with Crippen molar-refractivity contribution in [3.05, 3.63) is 74.7 Å². The highest BCUT2D eigenvalue weighted by atomic mass is 16.6. The van der Waals surface area contributed by atoms with E-state index in [-0.39, 0.29) is 0 Å². The van der Waals surface area contributed by atoms with E-state index in [0.717, 1.165) is 5.56 Å². The van der Waals surface area contributed by atoms with Crippen LogP contribution in [-0.2, 0) is 6.54 Å². The van der Waals surface area contributed by atoms with E-state index in [2.05, 4.69) is 0 Å². The molecule has 1 aromatic heterocycles. The SMILES string of the molecule is O=c1c([N+](=O)[O-])cccn1Cc1ccccc1. The van der Waals surface area contributed by atoms with Gasteiger partial charge in [0.25, 0.3) is 0 Å². The summed E-state index contributed by atoms with van der Waals surface area (Å²) in [6.07, 6.45) is 1.54. The standard InChI is InChI=1S/C12H10N2O3/c15-12-11(14(16)17)7-4-8-13(12)9-10-5-2-1-3-6-10/h1-8H,9H2. The molecule has 0 aliphatic heterocycles. The minimum absolute atomic E-state index is 0.335. The molecule has 17 heavy (non-hydrogen) atoms. The molecule has 0 bridgehead atoms. The molecule has 0 spiro atoms. The van der Waals surface area contributed by atoms with E-state index in [1.165, 1.54) is 16.7 Å². The van der Waals surface area contributed by atoms with E-state index in [9.17, 15) is 14.9 Å². The Morgan fingerprint density at radius 1 is 1.12 bits per heavy atom. The third-order valence-corrected chi connectivity index (χ3v) is 2.39. The van der Waals surface area contributed by atoms with E-state index in [4.69, 9.17) is 0 Å². The van der Waals surface area contributed by atoms with E-state index in [1.807, 2.05) is 30.3 Å². The maximum atomic E-state index is 11.7. The van der Waals surface area contributed by atoms with E-state index >= 15 is 0 Å². The predicted molar refractivity (Wildman–Crippen MR) is 62.9 cm³/mol. The number of benzene rings is 1. The molecule has 0 atom stereocenters. The molecular formula is C12H10N2O3. The van der Waals surface area contributed by atoms with Crippen molar-refractivity contribution < 1.29 is 4.92 Å². The van der Waals surface area contributed by atoms with Crippen molar-refractivity contribution in [2.75, 3.05) is 0 Å².